The van der Waals surface area contributed by atoms with Crippen LogP contribution in [-0.2, 0) is 4.79 Å². The number of hydrogen-bond acceptors (Lipinski definition) is 3. The first-order chi connectivity index (χ1) is 8.11. The van der Waals surface area contributed by atoms with Crippen LogP contribution in [0.25, 0.3) is 0 Å². The zero-order chi connectivity index (χ0) is 13.3. The molecule has 0 aromatic carbocycles. The van der Waals surface area contributed by atoms with Crippen LogP contribution in [0.1, 0.15) is 27.7 Å². The van der Waals surface area contributed by atoms with Crippen molar-refractivity contribution in [3.8, 4) is 0 Å². The zero-order valence-corrected chi connectivity index (χ0v) is 11.4. The lowest BCUT2D eigenvalue weighted by Gasteiger charge is -2.17. The molecule has 1 rings (SSSR count). The van der Waals surface area contributed by atoms with Crippen LogP contribution in [0.5, 0.6) is 0 Å². The number of rotatable bonds is 4. The third-order valence-corrected chi connectivity index (χ3v) is 2.07. The van der Waals surface area contributed by atoms with Gasteiger partial charge in [0.05, 0.1) is 18.4 Å². The third-order valence-electron chi connectivity index (χ3n) is 2.07. The normalized spacial score (nSPS) is 9.53. The van der Waals surface area contributed by atoms with E-state index in [-0.39, 0.29) is 5.91 Å². The van der Waals surface area contributed by atoms with Gasteiger partial charge in [0.1, 0.15) is 0 Å². The summed E-state index contributed by atoms with van der Waals surface area (Å²) in [6, 6.07) is 3.99. The second-order valence-electron chi connectivity index (χ2n) is 3.70. The minimum Gasteiger partial charge on any atom is -0.313 e. The summed E-state index contributed by atoms with van der Waals surface area (Å²) >= 11 is 0. The Balaban J connectivity index is 0.00000121. The van der Waals surface area contributed by atoms with E-state index in [9.17, 15) is 4.79 Å². The van der Waals surface area contributed by atoms with E-state index in [1.807, 2.05) is 39.8 Å². The monoisotopic (exact) mass is 237 g/mol. The Labute approximate surface area is 104 Å². The number of aromatic nitrogens is 1. The molecule has 4 heteroatoms. The molecule has 0 aliphatic heterocycles. The molecule has 1 N–H and O–H groups in total. The summed E-state index contributed by atoms with van der Waals surface area (Å²) in [5.41, 5.74) is 0.813. The Hall–Kier alpha value is -1.42. The smallest absolute Gasteiger partial charge is 0.240 e. The Morgan fingerprint density at radius 1 is 1.47 bits per heavy atom. The number of pyridine rings is 1. The highest BCUT2D eigenvalue weighted by molar-refractivity contribution is 5.94. The van der Waals surface area contributed by atoms with Gasteiger partial charge >= 0.3 is 0 Å². The summed E-state index contributed by atoms with van der Waals surface area (Å²) in [7, 11) is 1.75. The second-order valence-corrected chi connectivity index (χ2v) is 3.70. The molecule has 1 amide bonds. The summed E-state index contributed by atoms with van der Waals surface area (Å²) in [6.45, 7) is 8.37. The minimum atomic E-state index is 0.0386. The van der Waals surface area contributed by atoms with E-state index < -0.39 is 0 Å². The van der Waals surface area contributed by atoms with Gasteiger partial charge in [0.15, 0.2) is 0 Å². The van der Waals surface area contributed by atoms with Gasteiger partial charge in [0.2, 0.25) is 5.91 Å². The van der Waals surface area contributed by atoms with Gasteiger partial charge in [-0.3, -0.25) is 9.78 Å². The van der Waals surface area contributed by atoms with E-state index in [2.05, 4.69) is 10.3 Å². The number of amides is 1. The maximum Gasteiger partial charge on any atom is 0.240 e. The molecule has 4 nitrogen and oxygen atoms in total. The van der Waals surface area contributed by atoms with E-state index in [4.69, 9.17) is 0 Å². The van der Waals surface area contributed by atoms with Gasteiger partial charge < -0.3 is 10.2 Å². The van der Waals surface area contributed by atoms with E-state index >= 15 is 0 Å². The Morgan fingerprint density at radius 3 is 2.59 bits per heavy atom. The van der Waals surface area contributed by atoms with Crippen LogP contribution in [0.2, 0.25) is 0 Å². The molecule has 0 aliphatic carbocycles. The molecule has 0 spiro atoms. The lowest BCUT2D eigenvalue weighted by atomic mass is 10.3. The third kappa shape index (κ3) is 6.02. The number of hydrogen-bond donors (Lipinski definition) is 1. The summed E-state index contributed by atoms with van der Waals surface area (Å²) in [6.07, 6.45) is 3.36. The molecule has 0 saturated carbocycles. The van der Waals surface area contributed by atoms with Crippen molar-refractivity contribution in [2.24, 2.45) is 0 Å². The molecule has 0 bridgehead atoms. The quantitative estimate of drug-likeness (QED) is 0.872. The Kier molecular flexibility index (Phi) is 7.97. The van der Waals surface area contributed by atoms with Crippen molar-refractivity contribution in [3.05, 3.63) is 24.5 Å². The molecule has 1 aromatic heterocycles. The fourth-order valence-corrected chi connectivity index (χ4v) is 1.11. The molecule has 1 aromatic rings. The van der Waals surface area contributed by atoms with Gasteiger partial charge in [-0.05, 0) is 12.1 Å². The van der Waals surface area contributed by atoms with Crippen molar-refractivity contribution in [1.82, 2.24) is 10.3 Å². The predicted octanol–water partition coefficient (Wildman–Crippen LogP) is 2.07. The largest absolute Gasteiger partial charge is 0.313 e. The SMILES string of the molecule is CC.CC(C)NCC(=O)N(C)c1cccnc1. The average molecular weight is 237 g/mol. The van der Waals surface area contributed by atoms with E-state index in [0.29, 0.717) is 12.6 Å². The van der Waals surface area contributed by atoms with Gasteiger partial charge in [0.25, 0.3) is 0 Å². The summed E-state index contributed by atoms with van der Waals surface area (Å²) in [5.74, 6) is 0.0386. The van der Waals surface area contributed by atoms with Crippen molar-refractivity contribution in [2.75, 3.05) is 18.5 Å². The molecule has 0 atom stereocenters. The minimum absolute atomic E-state index is 0.0386. The lowest BCUT2D eigenvalue weighted by Crippen LogP contribution is -2.38. The number of likely N-dealkylation sites (N-methyl/N-ethyl adjacent to an activating group) is 1. The average Bonchev–Trinajstić information content (AvgIpc) is 2.38. The zero-order valence-electron chi connectivity index (χ0n) is 11.4. The van der Waals surface area contributed by atoms with Crippen LogP contribution < -0.4 is 10.2 Å². The first-order valence-corrected chi connectivity index (χ1v) is 6.01. The lowest BCUT2D eigenvalue weighted by molar-refractivity contribution is -0.117. The number of nitrogens with zero attached hydrogens (tertiary/aromatic N) is 2. The molecular formula is C13H23N3O. The van der Waals surface area contributed by atoms with Crippen molar-refractivity contribution in [3.63, 3.8) is 0 Å². The Morgan fingerprint density at radius 2 is 2.12 bits per heavy atom. The van der Waals surface area contributed by atoms with Gasteiger partial charge in [-0.15, -0.1) is 0 Å². The van der Waals surface area contributed by atoms with Crippen LogP contribution in [0.4, 0.5) is 5.69 Å². The van der Waals surface area contributed by atoms with Crippen molar-refractivity contribution in [1.29, 1.82) is 0 Å². The molecule has 17 heavy (non-hydrogen) atoms. The summed E-state index contributed by atoms with van der Waals surface area (Å²) in [5, 5.41) is 3.08. The van der Waals surface area contributed by atoms with Crippen LogP contribution in [0, 0.1) is 0 Å². The van der Waals surface area contributed by atoms with E-state index in [0.717, 1.165) is 5.69 Å². The van der Waals surface area contributed by atoms with Crippen LogP contribution >= 0.6 is 0 Å². The summed E-state index contributed by atoms with van der Waals surface area (Å²) < 4.78 is 0. The van der Waals surface area contributed by atoms with Crippen LogP contribution in [0.15, 0.2) is 24.5 Å². The molecule has 0 fully saturated rings. The topological polar surface area (TPSA) is 45.2 Å². The standard InChI is InChI=1S/C11H17N3O.C2H6/c1-9(2)13-8-11(15)14(3)10-5-4-6-12-7-10;1-2/h4-7,9,13H,8H2,1-3H3;1-2H3. The first kappa shape index (κ1) is 15.6. The number of carbonyl (C=O) groups is 1. The highest BCUT2D eigenvalue weighted by Crippen LogP contribution is 2.08. The van der Waals surface area contributed by atoms with Gasteiger partial charge in [0, 0.05) is 19.3 Å². The molecule has 0 aliphatic rings. The number of carbonyl (C=O) groups excluding carboxylic acids is 1. The molecule has 0 radical (unpaired) electrons. The highest BCUT2D eigenvalue weighted by atomic mass is 16.2. The molecular weight excluding hydrogens is 214 g/mol. The van der Waals surface area contributed by atoms with Crippen LogP contribution in [-0.4, -0.2) is 30.5 Å². The number of nitrogens with one attached hydrogen (secondary N) is 1. The van der Waals surface area contributed by atoms with Crippen molar-refractivity contribution < 1.29 is 4.79 Å². The van der Waals surface area contributed by atoms with E-state index in [1.165, 1.54) is 0 Å². The second kappa shape index (κ2) is 8.70. The van der Waals surface area contributed by atoms with Crippen LogP contribution in [0.3, 0.4) is 0 Å². The van der Waals surface area contributed by atoms with Crippen molar-refractivity contribution in [2.45, 2.75) is 33.7 Å². The van der Waals surface area contributed by atoms with Gasteiger partial charge in [-0.2, -0.15) is 0 Å². The molecule has 0 unspecified atom stereocenters. The molecule has 0 saturated heterocycles. The fourth-order valence-electron chi connectivity index (χ4n) is 1.11. The fraction of sp³-hybridized carbons (Fsp3) is 0.538. The predicted molar refractivity (Wildman–Crippen MR) is 72.1 cm³/mol. The Bertz CT molecular complexity index is 312. The molecule has 1 heterocycles. The maximum atomic E-state index is 11.7. The molecule has 96 valence electrons. The first-order valence-electron chi connectivity index (χ1n) is 6.01. The van der Waals surface area contributed by atoms with Gasteiger partial charge in [-0.1, -0.05) is 27.7 Å². The maximum absolute atomic E-state index is 11.7. The number of anilines is 1. The summed E-state index contributed by atoms with van der Waals surface area (Å²) in [4.78, 5) is 17.3. The van der Waals surface area contributed by atoms with Crippen molar-refractivity contribution >= 4 is 11.6 Å². The van der Waals surface area contributed by atoms with E-state index in [1.54, 1.807) is 24.3 Å². The highest BCUT2D eigenvalue weighted by Gasteiger charge is 2.10. The van der Waals surface area contributed by atoms with Gasteiger partial charge in [-0.25, -0.2) is 0 Å².